The zero-order chi connectivity index (χ0) is 8.27. The Kier molecular flexibility index (Phi) is 3.30. The zero-order valence-electron chi connectivity index (χ0n) is 6.61. The number of hydrogen-bond acceptors (Lipinski definition) is 3. The lowest BCUT2D eigenvalue weighted by molar-refractivity contribution is 0.0635. The van der Waals surface area contributed by atoms with Gasteiger partial charge in [-0.2, -0.15) is 0 Å². The summed E-state index contributed by atoms with van der Waals surface area (Å²) in [6.07, 6.45) is 2.47. The van der Waals surface area contributed by atoms with E-state index >= 15 is 0 Å². The van der Waals surface area contributed by atoms with Gasteiger partial charge >= 0.3 is 0 Å². The van der Waals surface area contributed by atoms with E-state index in [1.54, 1.807) is 0 Å². The first-order valence-electron chi connectivity index (χ1n) is 4.21. The second-order valence-corrected chi connectivity index (χ2v) is 3.32. The molecule has 11 heavy (non-hydrogen) atoms. The van der Waals surface area contributed by atoms with E-state index in [4.69, 9.17) is 10.2 Å². The second-order valence-electron chi connectivity index (χ2n) is 3.32. The van der Waals surface area contributed by atoms with E-state index < -0.39 is 6.10 Å². The number of hydrogen-bond donors (Lipinski definition) is 3. The van der Waals surface area contributed by atoms with Crippen LogP contribution in [0.5, 0.6) is 0 Å². The number of rotatable bonds is 5. The van der Waals surface area contributed by atoms with Gasteiger partial charge in [-0.25, -0.2) is 0 Å². The molecule has 1 aliphatic rings. The predicted molar refractivity (Wildman–Crippen MR) is 41.1 cm³/mol. The first-order chi connectivity index (χ1) is 5.24. The van der Waals surface area contributed by atoms with Gasteiger partial charge in [0.1, 0.15) is 0 Å². The Bertz CT molecular complexity index is 112. The van der Waals surface area contributed by atoms with Crippen molar-refractivity contribution in [1.82, 2.24) is 0 Å². The minimum Gasteiger partial charge on any atom is -0.394 e. The molecule has 0 aliphatic heterocycles. The Morgan fingerprint density at radius 3 is 2.27 bits per heavy atom. The minimum atomic E-state index is -0.650. The molecular formula is C8H16O3. The average Bonchev–Trinajstić information content (AvgIpc) is 2.81. The maximum Gasteiger partial charge on any atom is 0.0771 e. The van der Waals surface area contributed by atoms with Crippen LogP contribution in [0.15, 0.2) is 0 Å². The normalized spacial score (nSPS) is 23.2. The number of aliphatic hydroxyl groups is 3. The van der Waals surface area contributed by atoms with Gasteiger partial charge in [-0.1, -0.05) is 0 Å². The fourth-order valence-corrected chi connectivity index (χ4v) is 1.17. The second kappa shape index (κ2) is 4.04. The predicted octanol–water partition coefficient (Wildman–Crippen LogP) is -0.109. The van der Waals surface area contributed by atoms with E-state index in [1.807, 2.05) is 0 Å². The molecule has 3 nitrogen and oxygen atoms in total. The molecule has 66 valence electrons. The standard InChI is InChI=1S/C8H16O3/c9-5-7(10)3-4-8(11)6-1-2-6/h6-11H,1-5H2. The van der Waals surface area contributed by atoms with E-state index in [1.165, 1.54) is 0 Å². The average molecular weight is 160 g/mol. The molecule has 2 unspecified atom stereocenters. The van der Waals surface area contributed by atoms with E-state index in [2.05, 4.69) is 0 Å². The molecule has 1 saturated carbocycles. The molecule has 0 spiro atoms. The molecule has 1 aliphatic carbocycles. The lowest BCUT2D eigenvalue weighted by Gasteiger charge is -2.10. The van der Waals surface area contributed by atoms with Crippen LogP contribution in [-0.2, 0) is 0 Å². The fraction of sp³-hybridized carbons (Fsp3) is 1.00. The van der Waals surface area contributed by atoms with Gasteiger partial charge in [-0.05, 0) is 31.6 Å². The first-order valence-corrected chi connectivity index (χ1v) is 4.21. The fourth-order valence-electron chi connectivity index (χ4n) is 1.17. The van der Waals surface area contributed by atoms with Gasteiger partial charge in [0.05, 0.1) is 18.8 Å². The van der Waals surface area contributed by atoms with Gasteiger partial charge in [0.25, 0.3) is 0 Å². The highest BCUT2D eigenvalue weighted by Crippen LogP contribution is 2.34. The summed E-state index contributed by atoms with van der Waals surface area (Å²) < 4.78 is 0. The summed E-state index contributed by atoms with van der Waals surface area (Å²) in [7, 11) is 0. The first kappa shape index (κ1) is 8.97. The summed E-state index contributed by atoms with van der Waals surface area (Å²) in [5.74, 6) is 0.473. The van der Waals surface area contributed by atoms with Crippen LogP contribution in [-0.4, -0.2) is 34.1 Å². The summed E-state index contributed by atoms with van der Waals surface area (Å²) >= 11 is 0. The summed E-state index contributed by atoms with van der Waals surface area (Å²) in [6, 6.07) is 0. The molecule has 2 atom stereocenters. The van der Waals surface area contributed by atoms with Gasteiger partial charge in [-0.15, -0.1) is 0 Å². The number of aliphatic hydroxyl groups excluding tert-OH is 3. The molecule has 0 bridgehead atoms. The van der Waals surface area contributed by atoms with Crippen LogP contribution in [0.4, 0.5) is 0 Å². The molecule has 0 aromatic rings. The Balaban J connectivity index is 2.00. The van der Waals surface area contributed by atoms with Gasteiger partial charge in [0.2, 0.25) is 0 Å². The van der Waals surface area contributed by atoms with Crippen molar-refractivity contribution >= 4 is 0 Å². The van der Waals surface area contributed by atoms with Crippen LogP contribution >= 0.6 is 0 Å². The maximum absolute atomic E-state index is 9.34. The zero-order valence-corrected chi connectivity index (χ0v) is 6.61. The monoisotopic (exact) mass is 160 g/mol. The lowest BCUT2D eigenvalue weighted by Crippen LogP contribution is -2.17. The van der Waals surface area contributed by atoms with Crippen LogP contribution in [0, 0.1) is 5.92 Å². The Hall–Kier alpha value is -0.120. The molecule has 0 radical (unpaired) electrons. The van der Waals surface area contributed by atoms with Crippen molar-refractivity contribution in [3.8, 4) is 0 Å². The van der Waals surface area contributed by atoms with Crippen molar-refractivity contribution in [1.29, 1.82) is 0 Å². The molecule has 1 fully saturated rings. The van der Waals surface area contributed by atoms with Crippen molar-refractivity contribution in [2.24, 2.45) is 5.92 Å². The molecule has 3 heteroatoms. The third-order valence-corrected chi connectivity index (χ3v) is 2.17. The summed E-state index contributed by atoms with van der Waals surface area (Å²) in [6.45, 7) is -0.197. The molecule has 0 heterocycles. The summed E-state index contributed by atoms with van der Waals surface area (Å²) in [5.41, 5.74) is 0. The van der Waals surface area contributed by atoms with E-state index in [-0.39, 0.29) is 12.7 Å². The van der Waals surface area contributed by atoms with Gasteiger partial charge < -0.3 is 15.3 Å². The highest BCUT2D eigenvalue weighted by atomic mass is 16.3. The van der Waals surface area contributed by atoms with Crippen molar-refractivity contribution in [3.05, 3.63) is 0 Å². The molecule has 0 saturated heterocycles. The molecule has 1 rings (SSSR count). The smallest absolute Gasteiger partial charge is 0.0771 e. The van der Waals surface area contributed by atoms with Gasteiger partial charge in [-0.3, -0.25) is 0 Å². The molecule has 0 amide bonds. The van der Waals surface area contributed by atoms with Crippen LogP contribution < -0.4 is 0 Å². The Morgan fingerprint density at radius 2 is 1.82 bits per heavy atom. The highest BCUT2D eigenvalue weighted by molar-refractivity contribution is 4.81. The van der Waals surface area contributed by atoms with Crippen molar-refractivity contribution in [3.63, 3.8) is 0 Å². The highest BCUT2D eigenvalue weighted by Gasteiger charge is 2.29. The van der Waals surface area contributed by atoms with Crippen LogP contribution in [0.3, 0.4) is 0 Å². The maximum atomic E-state index is 9.34. The third kappa shape index (κ3) is 3.18. The molecule has 3 N–H and O–H groups in total. The largest absolute Gasteiger partial charge is 0.394 e. The molecule has 0 aromatic carbocycles. The minimum absolute atomic E-state index is 0.197. The van der Waals surface area contributed by atoms with Crippen LogP contribution in [0.2, 0.25) is 0 Å². The lowest BCUT2D eigenvalue weighted by atomic mass is 10.1. The molecule has 0 aromatic heterocycles. The molecular weight excluding hydrogens is 144 g/mol. The van der Waals surface area contributed by atoms with E-state index in [9.17, 15) is 5.11 Å². The quantitative estimate of drug-likeness (QED) is 0.526. The van der Waals surface area contributed by atoms with Crippen molar-refractivity contribution < 1.29 is 15.3 Å². The Morgan fingerprint density at radius 1 is 1.18 bits per heavy atom. The van der Waals surface area contributed by atoms with E-state index in [0.717, 1.165) is 12.8 Å². The van der Waals surface area contributed by atoms with E-state index in [0.29, 0.717) is 18.8 Å². The van der Waals surface area contributed by atoms with Gasteiger partial charge in [0, 0.05) is 0 Å². The summed E-state index contributed by atoms with van der Waals surface area (Å²) in [4.78, 5) is 0. The van der Waals surface area contributed by atoms with Crippen molar-refractivity contribution in [2.45, 2.75) is 37.9 Å². The Labute approximate surface area is 66.7 Å². The van der Waals surface area contributed by atoms with Gasteiger partial charge in [0.15, 0.2) is 0 Å². The SMILES string of the molecule is OCC(O)CCC(O)C1CC1. The topological polar surface area (TPSA) is 60.7 Å². The van der Waals surface area contributed by atoms with Crippen LogP contribution in [0.1, 0.15) is 25.7 Å². The van der Waals surface area contributed by atoms with Crippen LogP contribution in [0.25, 0.3) is 0 Å². The summed E-state index contributed by atoms with van der Waals surface area (Å²) in [5, 5.41) is 26.8. The third-order valence-electron chi connectivity index (χ3n) is 2.17. The van der Waals surface area contributed by atoms with Crippen molar-refractivity contribution in [2.75, 3.05) is 6.61 Å².